The number of hydrogen-bond acceptors (Lipinski definition) is 3. The van der Waals surface area contributed by atoms with E-state index in [1.165, 1.54) is 0 Å². The molecular weight excluding hydrogens is 418 g/mol. The standard InChI is InChI=1S/C15H15Br2NO2S/c1-2-21(19,20)13-6-4-12(5-7-13)18-10-11-3-8-14(16)15(17)9-11/h3-9,18H,2,10H2,1H3. The van der Waals surface area contributed by atoms with Crippen molar-refractivity contribution in [3.8, 4) is 0 Å². The van der Waals surface area contributed by atoms with Crippen molar-refractivity contribution in [2.75, 3.05) is 11.1 Å². The molecule has 2 aromatic carbocycles. The Labute approximate surface area is 141 Å². The highest BCUT2D eigenvalue weighted by Crippen LogP contribution is 2.24. The van der Waals surface area contributed by atoms with Gasteiger partial charge in [0.15, 0.2) is 9.84 Å². The van der Waals surface area contributed by atoms with E-state index in [9.17, 15) is 8.42 Å². The molecule has 3 nitrogen and oxygen atoms in total. The van der Waals surface area contributed by atoms with Gasteiger partial charge in [-0.05, 0) is 73.8 Å². The molecule has 0 amide bonds. The summed E-state index contributed by atoms with van der Waals surface area (Å²) in [4.78, 5) is 0.363. The van der Waals surface area contributed by atoms with Crippen LogP contribution in [0.3, 0.4) is 0 Å². The molecule has 0 unspecified atom stereocenters. The van der Waals surface area contributed by atoms with Gasteiger partial charge in [0, 0.05) is 21.2 Å². The normalized spacial score (nSPS) is 11.4. The van der Waals surface area contributed by atoms with Crippen LogP contribution in [0, 0.1) is 0 Å². The Hall–Kier alpha value is -0.850. The maximum absolute atomic E-state index is 11.7. The number of benzene rings is 2. The molecule has 0 aliphatic heterocycles. The number of sulfone groups is 1. The molecule has 2 rings (SSSR count). The lowest BCUT2D eigenvalue weighted by molar-refractivity contribution is 0.597. The smallest absolute Gasteiger partial charge is 0.178 e. The lowest BCUT2D eigenvalue weighted by Crippen LogP contribution is -2.04. The van der Waals surface area contributed by atoms with E-state index in [1.807, 2.05) is 18.2 Å². The molecule has 0 saturated carbocycles. The van der Waals surface area contributed by atoms with Gasteiger partial charge in [0.2, 0.25) is 0 Å². The molecule has 0 aromatic heterocycles. The minimum absolute atomic E-state index is 0.118. The molecule has 0 spiro atoms. The van der Waals surface area contributed by atoms with Gasteiger partial charge in [0.25, 0.3) is 0 Å². The Kier molecular flexibility index (Phi) is 5.46. The molecule has 21 heavy (non-hydrogen) atoms. The molecule has 0 saturated heterocycles. The average Bonchev–Trinajstić information content (AvgIpc) is 2.49. The van der Waals surface area contributed by atoms with Crippen molar-refractivity contribution in [1.29, 1.82) is 0 Å². The highest BCUT2D eigenvalue weighted by molar-refractivity contribution is 9.13. The first-order valence-electron chi connectivity index (χ1n) is 6.43. The second-order valence-electron chi connectivity index (χ2n) is 4.53. The number of anilines is 1. The molecule has 0 aliphatic rings. The Morgan fingerprint density at radius 2 is 1.67 bits per heavy atom. The summed E-state index contributed by atoms with van der Waals surface area (Å²) >= 11 is 6.90. The lowest BCUT2D eigenvalue weighted by Gasteiger charge is -2.08. The molecule has 1 N–H and O–H groups in total. The number of rotatable bonds is 5. The van der Waals surface area contributed by atoms with Crippen molar-refractivity contribution in [2.45, 2.75) is 18.4 Å². The van der Waals surface area contributed by atoms with Crippen LogP contribution in [0.15, 0.2) is 56.3 Å². The van der Waals surface area contributed by atoms with Crippen LogP contribution in [0.25, 0.3) is 0 Å². The highest BCUT2D eigenvalue weighted by Gasteiger charge is 2.10. The van der Waals surface area contributed by atoms with E-state index in [2.05, 4.69) is 37.2 Å². The van der Waals surface area contributed by atoms with Crippen molar-refractivity contribution in [3.05, 3.63) is 57.0 Å². The average molecular weight is 433 g/mol. The van der Waals surface area contributed by atoms with E-state index < -0.39 is 9.84 Å². The number of nitrogens with one attached hydrogen (secondary N) is 1. The zero-order chi connectivity index (χ0) is 15.5. The van der Waals surface area contributed by atoms with E-state index in [0.717, 1.165) is 20.2 Å². The number of hydrogen-bond donors (Lipinski definition) is 1. The van der Waals surface area contributed by atoms with Crippen molar-refractivity contribution in [1.82, 2.24) is 0 Å². The van der Waals surface area contributed by atoms with Crippen molar-refractivity contribution in [3.63, 3.8) is 0 Å². The zero-order valence-corrected chi connectivity index (χ0v) is 15.4. The second-order valence-corrected chi connectivity index (χ2v) is 8.52. The summed E-state index contributed by atoms with van der Waals surface area (Å²) in [7, 11) is -3.13. The maximum atomic E-state index is 11.7. The summed E-state index contributed by atoms with van der Waals surface area (Å²) < 4.78 is 25.5. The van der Waals surface area contributed by atoms with Gasteiger partial charge in [-0.2, -0.15) is 0 Å². The molecular formula is C15H15Br2NO2S. The van der Waals surface area contributed by atoms with Gasteiger partial charge in [0.05, 0.1) is 10.6 Å². The van der Waals surface area contributed by atoms with E-state index in [4.69, 9.17) is 0 Å². The Bertz CT molecular complexity index is 728. The molecule has 6 heteroatoms. The van der Waals surface area contributed by atoms with Crippen LogP contribution < -0.4 is 5.32 Å². The Balaban J connectivity index is 2.05. The fourth-order valence-corrected chi connectivity index (χ4v) is 3.36. The minimum atomic E-state index is -3.13. The minimum Gasteiger partial charge on any atom is -0.381 e. The van der Waals surface area contributed by atoms with Crippen LogP contribution in [-0.2, 0) is 16.4 Å². The van der Waals surface area contributed by atoms with E-state index in [1.54, 1.807) is 31.2 Å². The summed E-state index contributed by atoms with van der Waals surface area (Å²) in [5, 5.41) is 3.27. The third kappa shape index (κ3) is 4.31. The topological polar surface area (TPSA) is 46.2 Å². The van der Waals surface area contributed by atoms with Gasteiger partial charge in [-0.15, -0.1) is 0 Å². The van der Waals surface area contributed by atoms with Crippen LogP contribution in [-0.4, -0.2) is 14.2 Å². The van der Waals surface area contributed by atoms with Crippen LogP contribution in [0.4, 0.5) is 5.69 Å². The molecule has 112 valence electrons. The van der Waals surface area contributed by atoms with Gasteiger partial charge in [-0.1, -0.05) is 13.0 Å². The fraction of sp³-hybridized carbons (Fsp3) is 0.200. The SMILES string of the molecule is CCS(=O)(=O)c1ccc(NCc2ccc(Br)c(Br)c2)cc1. The monoisotopic (exact) mass is 431 g/mol. The van der Waals surface area contributed by atoms with Crippen molar-refractivity contribution in [2.24, 2.45) is 0 Å². The highest BCUT2D eigenvalue weighted by atomic mass is 79.9. The van der Waals surface area contributed by atoms with E-state index >= 15 is 0 Å². The quantitative estimate of drug-likeness (QED) is 0.749. The summed E-state index contributed by atoms with van der Waals surface area (Å²) in [6, 6.07) is 12.9. The summed E-state index contributed by atoms with van der Waals surface area (Å²) in [6.45, 7) is 2.32. The molecule has 0 bridgehead atoms. The first kappa shape index (κ1) is 16.5. The van der Waals surface area contributed by atoms with Gasteiger partial charge in [0.1, 0.15) is 0 Å². The third-order valence-electron chi connectivity index (χ3n) is 3.07. The molecule has 2 aromatic rings. The maximum Gasteiger partial charge on any atom is 0.178 e. The summed E-state index contributed by atoms with van der Waals surface area (Å²) in [5.74, 6) is 0.118. The fourth-order valence-electron chi connectivity index (χ4n) is 1.80. The summed E-state index contributed by atoms with van der Waals surface area (Å²) in [5.41, 5.74) is 2.03. The van der Waals surface area contributed by atoms with Gasteiger partial charge in [-0.3, -0.25) is 0 Å². The Morgan fingerprint density at radius 3 is 2.24 bits per heavy atom. The van der Waals surface area contributed by atoms with E-state index in [-0.39, 0.29) is 5.75 Å². The molecule has 0 heterocycles. The summed E-state index contributed by atoms with van der Waals surface area (Å²) in [6.07, 6.45) is 0. The first-order chi connectivity index (χ1) is 9.92. The van der Waals surface area contributed by atoms with E-state index in [0.29, 0.717) is 11.4 Å². The lowest BCUT2D eigenvalue weighted by atomic mass is 10.2. The van der Waals surface area contributed by atoms with Gasteiger partial charge in [-0.25, -0.2) is 8.42 Å². The Morgan fingerprint density at radius 1 is 1.00 bits per heavy atom. The predicted octanol–water partition coefficient (Wildman–Crippen LogP) is 4.62. The first-order valence-corrected chi connectivity index (χ1v) is 9.67. The van der Waals surface area contributed by atoms with Crippen LogP contribution in [0.5, 0.6) is 0 Å². The molecule has 0 radical (unpaired) electrons. The van der Waals surface area contributed by atoms with Gasteiger partial charge >= 0.3 is 0 Å². The largest absolute Gasteiger partial charge is 0.381 e. The second kappa shape index (κ2) is 6.94. The molecule has 0 aliphatic carbocycles. The zero-order valence-electron chi connectivity index (χ0n) is 11.4. The van der Waals surface area contributed by atoms with Crippen LogP contribution >= 0.6 is 31.9 Å². The van der Waals surface area contributed by atoms with Crippen LogP contribution in [0.2, 0.25) is 0 Å². The van der Waals surface area contributed by atoms with Crippen LogP contribution in [0.1, 0.15) is 12.5 Å². The third-order valence-corrected chi connectivity index (χ3v) is 6.70. The molecule has 0 fully saturated rings. The number of halogens is 2. The van der Waals surface area contributed by atoms with Crippen molar-refractivity contribution < 1.29 is 8.42 Å². The molecule has 0 atom stereocenters. The van der Waals surface area contributed by atoms with Crippen molar-refractivity contribution >= 4 is 47.4 Å². The predicted molar refractivity (Wildman–Crippen MR) is 93.3 cm³/mol. The van der Waals surface area contributed by atoms with Gasteiger partial charge < -0.3 is 5.32 Å².